The van der Waals surface area contributed by atoms with E-state index in [2.05, 4.69) is 0 Å². The first-order chi connectivity index (χ1) is 12.1. The third-order valence-corrected chi connectivity index (χ3v) is 3.98. The third-order valence-electron chi connectivity index (χ3n) is 2.76. The highest BCUT2D eigenvalue weighted by molar-refractivity contribution is 7.15. The zero-order valence-corrected chi connectivity index (χ0v) is 12.8. The Morgan fingerprint density at radius 2 is 0.840 bits per heavy atom. The highest BCUT2D eigenvalue weighted by atomic mass is 32.1. The Morgan fingerprint density at radius 3 is 1.04 bits per heavy atom. The summed E-state index contributed by atoms with van der Waals surface area (Å²) in [6.07, 6.45) is 0. The molecule has 0 bridgehead atoms. The Kier molecular flexibility index (Phi) is 5.75. The van der Waals surface area contributed by atoms with Gasteiger partial charge in [0.2, 0.25) is 0 Å². The van der Waals surface area contributed by atoms with Gasteiger partial charge in [-0.3, -0.25) is 0 Å². The quantitative estimate of drug-likeness (QED) is 0.733. The lowest BCUT2D eigenvalue weighted by Crippen LogP contribution is -1.89. The Hall–Kier alpha value is -4.90. The molecule has 0 unspecified atom stereocenters. The van der Waals surface area contributed by atoms with Crippen LogP contribution in [0.1, 0.15) is 20.9 Å². The van der Waals surface area contributed by atoms with E-state index in [1.807, 2.05) is 0 Å². The predicted octanol–water partition coefficient (Wildman–Crippen LogP) is 2.14. The molecule has 0 amide bonds. The average Bonchev–Trinajstić information content (AvgIpc) is 3.01. The van der Waals surface area contributed by atoms with Gasteiger partial charge in [-0.25, -0.2) is 0 Å². The average molecular weight is 336 g/mol. The topological polar surface area (TPSA) is 190 Å². The second-order valence-electron chi connectivity index (χ2n) is 3.90. The summed E-state index contributed by atoms with van der Waals surface area (Å²) in [6.45, 7) is 0. The standard InChI is InChI=1S/C16N8S/c17-1-9(2-18)11(5-21)15-13(7-23)14(8-24)16(25-15)12(6-22)10(3-19)4-20. The van der Waals surface area contributed by atoms with Crippen molar-refractivity contribution < 1.29 is 0 Å². The van der Waals surface area contributed by atoms with Gasteiger partial charge in [0, 0.05) is 0 Å². The molecule has 0 aromatic carbocycles. The summed E-state index contributed by atoms with van der Waals surface area (Å²) in [5.41, 5.74) is -2.63. The largest absolute Gasteiger partial charge is 0.192 e. The lowest BCUT2D eigenvalue weighted by atomic mass is 10.0. The Bertz CT molecular complexity index is 1040. The lowest BCUT2D eigenvalue weighted by molar-refractivity contribution is 1.43. The number of nitrogens with zero attached hydrogens (tertiary/aromatic N) is 8. The summed E-state index contributed by atoms with van der Waals surface area (Å²) >= 11 is 0.609. The Labute approximate surface area is 145 Å². The van der Waals surface area contributed by atoms with Crippen molar-refractivity contribution in [2.75, 3.05) is 0 Å². The molecule has 9 heteroatoms. The van der Waals surface area contributed by atoms with E-state index in [0.29, 0.717) is 11.3 Å². The molecule has 0 fully saturated rings. The highest BCUT2D eigenvalue weighted by Gasteiger charge is 2.26. The minimum absolute atomic E-state index is 0.155. The molecule has 0 spiro atoms. The van der Waals surface area contributed by atoms with Gasteiger partial charge >= 0.3 is 0 Å². The van der Waals surface area contributed by atoms with E-state index in [9.17, 15) is 21.0 Å². The molecule has 0 aliphatic heterocycles. The first-order valence-corrected chi connectivity index (χ1v) is 6.76. The molecule has 1 aromatic rings. The van der Waals surface area contributed by atoms with E-state index in [-0.39, 0.29) is 20.9 Å². The van der Waals surface area contributed by atoms with Crippen molar-refractivity contribution in [2.45, 2.75) is 0 Å². The lowest BCUT2D eigenvalue weighted by Gasteiger charge is -1.94. The fraction of sp³-hybridized carbons (Fsp3) is 0. The fourth-order valence-electron chi connectivity index (χ4n) is 1.71. The number of hydrogen-bond acceptors (Lipinski definition) is 9. The maximum atomic E-state index is 9.30. The second-order valence-corrected chi connectivity index (χ2v) is 4.93. The van der Waals surface area contributed by atoms with Gasteiger partial charge in [0.05, 0.1) is 32.0 Å². The summed E-state index contributed by atoms with van der Waals surface area (Å²) < 4.78 is 0. The molecule has 1 rings (SSSR count). The van der Waals surface area contributed by atoms with Crippen molar-refractivity contribution in [1.82, 2.24) is 0 Å². The molecular weight excluding hydrogens is 336 g/mol. The summed E-state index contributed by atoms with van der Waals surface area (Å²) in [4.78, 5) is -0.310. The van der Waals surface area contributed by atoms with Gasteiger partial charge in [-0.05, 0) is 0 Å². The molecule has 25 heavy (non-hydrogen) atoms. The maximum Gasteiger partial charge on any atom is 0.148 e. The van der Waals surface area contributed by atoms with E-state index in [1.165, 1.54) is 24.3 Å². The molecule has 8 nitrogen and oxygen atoms in total. The van der Waals surface area contributed by atoms with Gasteiger partial charge in [0.15, 0.2) is 0 Å². The Morgan fingerprint density at radius 1 is 0.520 bits per heavy atom. The molecular formula is C16N8S. The van der Waals surface area contributed by atoms with Gasteiger partial charge in [0.25, 0.3) is 0 Å². The van der Waals surface area contributed by atoms with Crippen LogP contribution < -0.4 is 0 Å². The number of thiophene rings is 1. The molecule has 0 aliphatic carbocycles. The zero-order chi connectivity index (χ0) is 19.0. The van der Waals surface area contributed by atoms with Crippen LogP contribution >= 0.6 is 11.3 Å². The smallest absolute Gasteiger partial charge is 0.148 e. The minimum atomic E-state index is -0.570. The van der Waals surface area contributed by atoms with Crippen molar-refractivity contribution in [3.8, 4) is 48.6 Å². The summed E-state index contributed by atoms with van der Waals surface area (Å²) in [7, 11) is 0. The van der Waals surface area contributed by atoms with Crippen molar-refractivity contribution in [3.63, 3.8) is 0 Å². The molecule has 0 aliphatic rings. The molecule has 0 N–H and O–H groups in total. The van der Waals surface area contributed by atoms with Crippen molar-refractivity contribution in [2.24, 2.45) is 0 Å². The molecule has 0 radical (unpaired) electrons. The van der Waals surface area contributed by atoms with Gasteiger partial charge in [0.1, 0.15) is 59.7 Å². The van der Waals surface area contributed by atoms with Crippen LogP contribution in [-0.4, -0.2) is 0 Å². The van der Waals surface area contributed by atoms with E-state index in [4.69, 9.17) is 21.0 Å². The molecule has 1 heterocycles. The molecule has 0 saturated heterocycles. The van der Waals surface area contributed by atoms with Crippen LogP contribution in [0, 0.1) is 90.6 Å². The first kappa shape index (κ1) is 18.1. The van der Waals surface area contributed by atoms with Crippen LogP contribution in [0.4, 0.5) is 0 Å². The van der Waals surface area contributed by atoms with Gasteiger partial charge in [-0.1, -0.05) is 0 Å². The molecule has 0 atom stereocenters. The Balaban J connectivity index is 4.13. The van der Waals surface area contributed by atoms with Crippen LogP contribution in [0.15, 0.2) is 11.1 Å². The van der Waals surface area contributed by atoms with E-state index in [1.54, 1.807) is 24.3 Å². The number of nitriles is 8. The SMILES string of the molecule is N#CC(C#N)=C(C#N)c1sc(C(C#N)=C(C#N)C#N)c(C#N)c1C#N. The van der Waals surface area contributed by atoms with E-state index >= 15 is 0 Å². The number of allylic oxidation sites excluding steroid dienone is 4. The summed E-state index contributed by atoms with van der Waals surface area (Å²) in [6, 6.07) is 12.7. The normalized spacial score (nSPS) is 7.68. The minimum Gasteiger partial charge on any atom is -0.192 e. The summed E-state index contributed by atoms with van der Waals surface area (Å²) in [5, 5.41) is 72.8. The van der Waals surface area contributed by atoms with E-state index in [0.717, 1.165) is 0 Å². The fourth-order valence-corrected chi connectivity index (χ4v) is 2.91. The van der Waals surface area contributed by atoms with Crippen molar-refractivity contribution in [3.05, 3.63) is 32.0 Å². The van der Waals surface area contributed by atoms with Gasteiger partial charge in [-0.2, -0.15) is 42.1 Å². The monoisotopic (exact) mass is 336 g/mol. The first-order valence-electron chi connectivity index (χ1n) is 5.95. The van der Waals surface area contributed by atoms with Crippen LogP contribution in [-0.2, 0) is 0 Å². The highest BCUT2D eigenvalue weighted by Crippen LogP contribution is 2.38. The third kappa shape index (κ3) is 3.01. The van der Waals surface area contributed by atoms with Crippen LogP contribution in [0.2, 0.25) is 0 Å². The molecule has 110 valence electrons. The molecule has 0 saturated carbocycles. The van der Waals surface area contributed by atoms with Gasteiger partial charge in [-0.15, -0.1) is 11.3 Å². The second kappa shape index (κ2) is 7.92. The number of hydrogen-bond donors (Lipinski definition) is 0. The van der Waals surface area contributed by atoms with Crippen molar-refractivity contribution >= 4 is 22.5 Å². The summed E-state index contributed by atoms with van der Waals surface area (Å²) in [5.74, 6) is 0. The van der Waals surface area contributed by atoms with Crippen LogP contribution in [0.5, 0.6) is 0 Å². The molecule has 1 aromatic heterocycles. The van der Waals surface area contributed by atoms with Gasteiger partial charge < -0.3 is 0 Å². The van der Waals surface area contributed by atoms with Crippen molar-refractivity contribution in [1.29, 1.82) is 42.1 Å². The van der Waals surface area contributed by atoms with Crippen LogP contribution in [0.25, 0.3) is 11.1 Å². The predicted molar refractivity (Wildman–Crippen MR) is 81.3 cm³/mol. The number of rotatable bonds is 2. The van der Waals surface area contributed by atoms with Crippen LogP contribution in [0.3, 0.4) is 0 Å². The maximum absolute atomic E-state index is 9.30. The van der Waals surface area contributed by atoms with E-state index < -0.39 is 22.3 Å². The zero-order valence-electron chi connectivity index (χ0n) is 12.0.